The van der Waals surface area contributed by atoms with E-state index in [9.17, 15) is 4.79 Å². The standard InChI is InChI=1S/C16H17NO/c1-12-4-3-5-14(10-12)6-7-16(18)15-11-17-9-8-13(15)2/h3-5,8-11H,6-7H2,1-2H3. The minimum atomic E-state index is 0.169. The lowest BCUT2D eigenvalue weighted by Crippen LogP contribution is -2.04. The van der Waals surface area contributed by atoms with Gasteiger partial charge in [-0.2, -0.15) is 0 Å². The average Bonchev–Trinajstić information content (AvgIpc) is 2.37. The molecule has 1 heterocycles. The number of carbonyl (C=O) groups is 1. The van der Waals surface area contributed by atoms with E-state index in [0.29, 0.717) is 6.42 Å². The Morgan fingerprint density at radius 3 is 2.78 bits per heavy atom. The summed E-state index contributed by atoms with van der Waals surface area (Å²) in [7, 11) is 0. The zero-order valence-electron chi connectivity index (χ0n) is 10.8. The largest absolute Gasteiger partial charge is 0.294 e. The van der Waals surface area contributed by atoms with E-state index in [1.165, 1.54) is 11.1 Å². The topological polar surface area (TPSA) is 30.0 Å². The number of carbonyl (C=O) groups excluding carboxylic acids is 1. The molecule has 18 heavy (non-hydrogen) atoms. The van der Waals surface area contributed by atoms with Crippen molar-refractivity contribution in [2.45, 2.75) is 26.7 Å². The van der Waals surface area contributed by atoms with Crippen LogP contribution in [0.5, 0.6) is 0 Å². The molecule has 2 rings (SSSR count). The van der Waals surface area contributed by atoms with Crippen molar-refractivity contribution in [1.82, 2.24) is 4.98 Å². The van der Waals surface area contributed by atoms with Crippen LogP contribution in [0.25, 0.3) is 0 Å². The lowest BCUT2D eigenvalue weighted by atomic mass is 10.0. The quantitative estimate of drug-likeness (QED) is 0.764. The van der Waals surface area contributed by atoms with Crippen molar-refractivity contribution in [2.24, 2.45) is 0 Å². The van der Waals surface area contributed by atoms with Crippen LogP contribution >= 0.6 is 0 Å². The number of benzene rings is 1. The highest BCUT2D eigenvalue weighted by Crippen LogP contribution is 2.12. The molecule has 0 aliphatic rings. The predicted octanol–water partition coefficient (Wildman–Crippen LogP) is 3.51. The first-order valence-electron chi connectivity index (χ1n) is 6.16. The molecule has 0 spiro atoms. The maximum absolute atomic E-state index is 12.1. The van der Waals surface area contributed by atoms with E-state index in [1.807, 2.05) is 19.1 Å². The predicted molar refractivity (Wildman–Crippen MR) is 72.8 cm³/mol. The number of aromatic nitrogens is 1. The molecule has 1 aromatic carbocycles. The van der Waals surface area contributed by atoms with Crippen molar-refractivity contribution < 1.29 is 4.79 Å². The molecule has 0 fully saturated rings. The first-order valence-corrected chi connectivity index (χ1v) is 6.16. The van der Waals surface area contributed by atoms with Crippen molar-refractivity contribution in [2.75, 3.05) is 0 Å². The molecule has 2 aromatic rings. The van der Waals surface area contributed by atoms with Crippen LogP contribution in [0.4, 0.5) is 0 Å². The summed E-state index contributed by atoms with van der Waals surface area (Å²) in [5.74, 6) is 0.169. The van der Waals surface area contributed by atoms with Crippen LogP contribution in [0.1, 0.15) is 33.5 Å². The summed E-state index contributed by atoms with van der Waals surface area (Å²) in [6.07, 6.45) is 4.70. The van der Waals surface area contributed by atoms with E-state index in [4.69, 9.17) is 0 Å². The fraction of sp³-hybridized carbons (Fsp3) is 0.250. The summed E-state index contributed by atoms with van der Waals surface area (Å²) in [5.41, 5.74) is 4.19. The molecule has 0 unspecified atom stereocenters. The number of aryl methyl sites for hydroxylation is 3. The summed E-state index contributed by atoms with van der Waals surface area (Å²) < 4.78 is 0. The Morgan fingerprint density at radius 1 is 1.22 bits per heavy atom. The third-order valence-electron chi connectivity index (χ3n) is 3.06. The molecule has 0 N–H and O–H groups in total. The van der Waals surface area contributed by atoms with Crippen LogP contribution in [0.2, 0.25) is 0 Å². The summed E-state index contributed by atoms with van der Waals surface area (Å²) in [6.45, 7) is 4.01. The maximum atomic E-state index is 12.1. The van der Waals surface area contributed by atoms with E-state index >= 15 is 0 Å². The van der Waals surface area contributed by atoms with Crippen molar-refractivity contribution in [3.8, 4) is 0 Å². The smallest absolute Gasteiger partial charge is 0.165 e. The van der Waals surface area contributed by atoms with E-state index < -0.39 is 0 Å². The average molecular weight is 239 g/mol. The van der Waals surface area contributed by atoms with Crippen LogP contribution in [0, 0.1) is 13.8 Å². The molecule has 0 saturated heterocycles. The number of rotatable bonds is 4. The monoisotopic (exact) mass is 239 g/mol. The number of nitrogens with zero attached hydrogens (tertiary/aromatic N) is 1. The van der Waals surface area contributed by atoms with Crippen LogP contribution in [-0.4, -0.2) is 10.8 Å². The molecule has 0 aliphatic heterocycles. The molecule has 0 amide bonds. The molecule has 1 aromatic heterocycles. The second-order valence-electron chi connectivity index (χ2n) is 4.60. The van der Waals surface area contributed by atoms with Gasteiger partial charge in [-0.1, -0.05) is 29.8 Å². The Balaban J connectivity index is 2.03. The van der Waals surface area contributed by atoms with Crippen LogP contribution < -0.4 is 0 Å². The summed E-state index contributed by atoms with van der Waals surface area (Å²) >= 11 is 0. The van der Waals surface area contributed by atoms with Gasteiger partial charge in [-0.3, -0.25) is 9.78 Å². The van der Waals surface area contributed by atoms with Gasteiger partial charge < -0.3 is 0 Å². The van der Waals surface area contributed by atoms with Gasteiger partial charge in [-0.15, -0.1) is 0 Å². The Hall–Kier alpha value is -1.96. The van der Waals surface area contributed by atoms with Gasteiger partial charge in [-0.25, -0.2) is 0 Å². The number of ketones is 1. The fourth-order valence-electron chi connectivity index (χ4n) is 2.02. The molecule has 2 nitrogen and oxygen atoms in total. The van der Waals surface area contributed by atoms with Gasteiger partial charge in [0.2, 0.25) is 0 Å². The fourth-order valence-corrected chi connectivity index (χ4v) is 2.02. The third-order valence-corrected chi connectivity index (χ3v) is 3.06. The highest BCUT2D eigenvalue weighted by Gasteiger charge is 2.08. The van der Waals surface area contributed by atoms with Crippen molar-refractivity contribution in [3.63, 3.8) is 0 Å². The molecule has 0 aliphatic carbocycles. The third kappa shape index (κ3) is 3.04. The van der Waals surface area contributed by atoms with Gasteiger partial charge in [-0.05, 0) is 37.5 Å². The van der Waals surface area contributed by atoms with Crippen molar-refractivity contribution >= 4 is 5.78 Å². The first-order chi connectivity index (χ1) is 8.66. The van der Waals surface area contributed by atoms with Gasteiger partial charge in [0.05, 0.1) is 0 Å². The van der Waals surface area contributed by atoms with Crippen LogP contribution in [-0.2, 0) is 6.42 Å². The van der Waals surface area contributed by atoms with Gasteiger partial charge >= 0.3 is 0 Å². The van der Waals surface area contributed by atoms with Crippen LogP contribution in [0.3, 0.4) is 0 Å². The number of pyridine rings is 1. The minimum Gasteiger partial charge on any atom is -0.294 e. The number of hydrogen-bond acceptors (Lipinski definition) is 2. The lowest BCUT2D eigenvalue weighted by molar-refractivity contribution is 0.0982. The molecule has 92 valence electrons. The lowest BCUT2D eigenvalue weighted by Gasteiger charge is -2.05. The van der Waals surface area contributed by atoms with Crippen molar-refractivity contribution in [3.05, 3.63) is 65.0 Å². The zero-order chi connectivity index (χ0) is 13.0. The van der Waals surface area contributed by atoms with E-state index in [0.717, 1.165) is 17.5 Å². The Bertz CT molecular complexity index is 561. The molecule has 0 bridgehead atoms. The van der Waals surface area contributed by atoms with Gasteiger partial charge in [0.1, 0.15) is 0 Å². The molecule has 0 atom stereocenters. The molecular weight excluding hydrogens is 222 g/mol. The highest BCUT2D eigenvalue weighted by atomic mass is 16.1. The van der Waals surface area contributed by atoms with Gasteiger partial charge in [0, 0.05) is 24.4 Å². The Labute approximate surface area is 108 Å². The maximum Gasteiger partial charge on any atom is 0.165 e. The normalized spacial score (nSPS) is 10.3. The first kappa shape index (κ1) is 12.5. The SMILES string of the molecule is Cc1cccc(CCC(=O)c2cnccc2C)c1. The second kappa shape index (κ2) is 5.58. The molecular formula is C16H17NO. The summed E-state index contributed by atoms with van der Waals surface area (Å²) in [6, 6.07) is 10.2. The van der Waals surface area contributed by atoms with E-state index in [2.05, 4.69) is 30.1 Å². The molecule has 0 saturated carbocycles. The molecule has 2 heteroatoms. The summed E-state index contributed by atoms with van der Waals surface area (Å²) in [4.78, 5) is 16.1. The second-order valence-corrected chi connectivity index (χ2v) is 4.60. The minimum absolute atomic E-state index is 0.169. The number of hydrogen-bond donors (Lipinski definition) is 0. The van der Waals surface area contributed by atoms with Crippen LogP contribution in [0.15, 0.2) is 42.7 Å². The van der Waals surface area contributed by atoms with Gasteiger partial charge in [0.25, 0.3) is 0 Å². The zero-order valence-corrected chi connectivity index (χ0v) is 10.8. The molecule has 0 radical (unpaired) electrons. The van der Waals surface area contributed by atoms with E-state index in [-0.39, 0.29) is 5.78 Å². The highest BCUT2D eigenvalue weighted by molar-refractivity contribution is 5.97. The van der Waals surface area contributed by atoms with Crippen molar-refractivity contribution in [1.29, 1.82) is 0 Å². The Kier molecular flexibility index (Phi) is 3.88. The summed E-state index contributed by atoms with van der Waals surface area (Å²) in [5, 5.41) is 0. The Morgan fingerprint density at radius 2 is 2.06 bits per heavy atom. The van der Waals surface area contributed by atoms with Gasteiger partial charge in [0.15, 0.2) is 5.78 Å². The van der Waals surface area contributed by atoms with E-state index in [1.54, 1.807) is 12.4 Å². The number of Topliss-reactive ketones (excluding diaryl/α,β-unsaturated/α-hetero) is 1.